The second-order valence-corrected chi connectivity index (χ2v) is 9.64. The fourth-order valence-corrected chi connectivity index (χ4v) is 5.32. The minimum Gasteiger partial charge on any atom is -0.494 e. The van der Waals surface area contributed by atoms with Crippen molar-refractivity contribution in [2.45, 2.75) is 53.4 Å². The summed E-state index contributed by atoms with van der Waals surface area (Å²) >= 11 is 1.81. The third-order valence-electron chi connectivity index (χ3n) is 6.43. The van der Waals surface area contributed by atoms with E-state index in [9.17, 15) is 0 Å². The Balaban J connectivity index is 1.57. The summed E-state index contributed by atoms with van der Waals surface area (Å²) in [6.07, 6.45) is 8.13. The Labute approximate surface area is 182 Å². The Morgan fingerprint density at radius 2 is 2.03 bits per heavy atom. The lowest BCUT2D eigenvalue weighted by molar-refractivity contribution is 0.184. The predicted octanol–water partition coefficient (Wildman–Crippen LogP) is 6.08. The van der Waals surface area contributed by atoms with Gasteiger partial charge in [-0.1, -0.05) is 27.2 Å². The van der Waals surface area contributed by atoms with Crippen molar-refractivity contribution in [3.8, 4) is 5.75 Å². The highest BCUT2D eigenvalue weighted by Gasteiger charge is 2.33. The van der Waals surface area contributed by atoms with Crippen molar-refractivity contribution in [3.63, 3.8) is 0 Å². The zero-order valence-electron chi connectivity index (χ0n) is 18.2. The Bertz CT molecular complexity index is 1040. The SMILES string of the molecule is CCOc1ccc(/C=N\Nc2ncnc3sc4c(c23)C[C@@H](C(C)(C)CC)CC4)cc1. The van der Waals surface area contributed by atoms with Gasteiger partial charge in [0.2, 0.25) is 0 Å². The lowest BCUT2D eigenvalue weighted by Crippen LogP contribution is -2.28. The quantitative estimate of drug-likeness (QED) is 0.370. The number of benzene rings is 1. The van der Waals surface area contributed by atoms with Gasteiger partial charge in [0.25, 0.3) is 0 Å². The van der Waals surface area contributed by atoms with Gasteiger partial charge in [-0.05, 0) is 72.9 Å². The maximum atomic E-state index is 5.49. The first-order chi connectivity index (χ1) is 14.5. The maximum absolute atomic E-state index is 5.49. The molecule has 6 heteroatoms. The highest BCUT2D eigenvalue weighted by Crippen LogP contribution is 2.45. The van der Waals surface area contributed by atoms with Crippen molar-refractivity contribution in [1.82, 2.24) is 9.97 Å². The molecule has 0 unspecified atom stereocenters. The van der Waals surface area contributed by atoms with Crippen molar-refractivity contribution in [2.75, 3.05) is 12.0 Å². The van der Waals surface area contributed by atoms with E-state index in [1.165, 1.54) is 23.3 Å². The average molecular weight is 423 g/mol. The summed E-state index contributed by atoms with van der Waals surface area (Å²) < 4.78 is 5.49. The molecule has 2 heterocycles. The van der Waals surface area contributed by atoms with E-state index in [0.717, 1.165) is 40.2 Å². The molecule has 5 nitrogen and oxygen atoms in total. The van der Waals surface area contributed by atoms with Crippen molar-refractivity contribution in [1.29, 1.82) is 0 Å². The van der Waals surface area contributed by atoms with Crippen LogP contribution < -0.4 is 10.2 Å². The highest BCUT2D eigenvalue weighted by atomic mass is 32.1. The molecule has 1 aromatic carbocycles. The number of nitrogens with zero attached hydrogens (tertiary/aromatic N) is 3. The predicted molar refractivity (Wildman–Crippen MR) is 126 cm³/mol. The molecule has 1 atom stereocenters. The number of aryl methyl sites for hydroxylation is 1. The zero-order chi connectivity index (χ0) is 21.1. The summed E-state index contributed by atoms with van der Waals surface area (Å²) in [7, 11) is 0. The van der Waals surface area contributed by atoms with Gasteiger partial charge in [-0.15, -0.1) is 11.3 Å². The second kappa shape index (κ2) is 8.72. The number of rotatable bonds is 7. The molecule has 0 bridgehead atoms. The van der Waals surface area contributed by atoms with Crippen LogP contribution in [0.15, 0.2) is 35.7 Å². The Morgan fingerprint density at radius 3 is 2.77 bits per heavy atom. The first-order valence-electron chi connectivity index (χ1n) is 10.8. The van der Waals surface area contributed by atoms with Gasteiger partial charge in [0.05, 0.1) is 18.2 Å². The van der Waals surface area contributed by atoms with Crippen molar-refractivity contribution in [2.24, 2.45) is 16.4 Å². The molecule has 0 saturated carbocycles. The second-order valence-electron chi connectivity index (χ2n) is 8.56. The topological polar surface area (TPSA) is 59.4 Å². The molecule has 1 aliphatic rings. The first-order valence-corrected chi connectivity index (χ1v) is 11.6. The molecule has 4 rings (SSSR count). The van der Waals surface area contributed by atoms with E-state index in [2.05, 4.69) is 41.3 Å². The average Bonchev–Trinajstić information content (AvgIpc) is 3.14. The molecule has 0 amide bonds. The van der Waals surface area contributed by atoms with Crippen LogP contribution >= 0.6 is 11.3 Å². The Kier molecular flexibility index (Phi) is 6.04. The lowest BCUT2D eigenvalue weighted by Gasteiger charge is -2.36. The minimum atomic E-state index is 0.348. The molecular formula is C24H30N4OS. The molecule has 1 aliphatic carbocycles. The van der Waals surface area contributed by atoms with Gasteiger partial charge in [0.15, 0.2) is 5.82 Å². The van der Waals surface area contributed by atoms with E-state index >= 15 is 0 Å². The molecule has 0 radical (unpaired) electrons. The number of anilines is 1. The van der Waals surface area contributed by atoms with Crippen LogP contribution in [0.2, 0.25) is 0 Å². The molecule has 2 aromatic heterocycles. The summed E-state index contributed by atoms with van der Waals surface area (Å²) in [5.74, 6) is 2.36. The molecule has 0 saturated heterocycles. The van der Waals surface area contributed by atoms with Gasteiger partial charge in [0.1, 0.15) is 16.9 Å². The molecular weight excluding hydrogens is 392 g/mol. The van der Waals surface area contributed by atoms with Crippen LogP contribution in [-0.2, 0) is 12.8 Å². The smallest absolute Gasteiger partial charge is 0.158 e. The number of ether oxygens (including phenoxy) is 1. The Morgan fingerprint density at radius 1 is 1.23 bits per heavy atom. The number of nitrogens with one attached hydrogen (secondary N) is 1. The fraction of sp³-hybridized carbons (Fsp3) is 0.458. The number of fused-ring (bicyclic) bond motifs is 3. The molecule has 0 spiro atoms. The fourth-order valence-electron chi connectivity index (χ4n) is 4.13. The van der Waals surface area contributed by atoms with E-state index in [4.69, 9.17) is 4.74 Å². The number of thiophene rings is 1. The van der Waals surface area contributed by atoms with E-state index in [1.54, 1.807) is 6.33 Å². The number of hydrogen-bond acceptors (Lipinski definition) is 6. The van der Waals surface area contributed by atoms with Crippen LogP contribution in [0.25, 0.3) is 10.2 Å². The van der Waals surface area contributed by atoms with Crippen molar-refractivity contribution < 1.29 is 4.74 Å². The van der Waals surface area contributed by atoms with Crippen molar-refractivity contribution in [3.05, 3.63) is 46.6 Å². The van der Waals surface area contributed by atoms with Crippen LogP contribution in [0, 0.1) is 11.3 Å². The van der Waals surface area contributed by atoms with E-state index in [1.807, 2.05) is 48.7 Å². The standard InChI is InChI=1S/C24H30N4OS/c1-5-24(3,4)17-9-12-20-19(13-17)21-22(25-15-26-23(21)30-20)28-27-14-16-7-10-18(11-8-16)29-6-2/h7-8,10-11,14-15,17H,5-6,9,12-13H2,1-4H3,(H,25,26,28)/b27-14-/t17-/m0/s1. The van der Waals surface area contributed by atoms with Gasteiger partial charge >= 0.3 is 0 Å². The molecule has 0 fully saturated rings. The van der Waals surface area contributed by atoms with Crippen LogP contribution in [0.4, 0.5) is 5.82 Å². The van der Waals surface area contributed by atoms with E-state index < -0.39 is 0 Å². The van der Waals surface area contributed by atoms with Gasteiger partial charge in [-0.2, -0.15) is 5.10 Å². The summed E-state index contributed by atoms with van der Waals surface area (Å²) in [6.45, 7) is 9.74. The monoisotopic (exact) mass is 422 g/mol. The molecule has 158 valence electrons. The maximum Gasteiger partial charge on any atom is 0.158 e. The number of hydrogen-bond donors (Lipinski definition) is 1. The summed E-state index contributed by atoms with van der Waals surface area (Å²) in [5, 5.41) is 5.60. The van der Waals surface area contributed by atoms with Gasteiger partial charge in [0, 0.05) is 4.88 Å². The van der Waals surface area contributed by atoms with E-state index in [-0.39, 0.29) is 0 Å². The summed E-state index contributed by atoms with van der Waals surface area (Å²) in [6, 6.07) is 7.91. The number of hydrazone groups is 1. The van der Waals surface area contributed by atoms with Gasteiger partial charge < -0.3 is 4.74 Å². The number of aromatic nitrogens is 2. The Hall–Kier alpha value is -2.47. The highest BCUT2D eigenvalue weighted by molar-refractivity contribution is 7.19. The van der Waals surface area contributed by atoms with Crippen LogP contribution in [0.5, 0.6) is 5.75 Å². The van der Waals surface area contributed by atoms with Gasteiger partial charge in [-0.25, -0.2) is 9.97 Å². The van der Waals surface area contributed by atoms with Crippen molar-refractivity contribution >= 4 is 33.6 Å². The van der Waals surface area contributed by atoms with Gasteiger partial charge in [-0.3, -0.25) is 5.43 Å². The zero-order valence-corrected chi connectivity index (χ0v) is 19.1. The van der Waals surface area contributed by atoms with Crippen LogP contribution in [0.3, 0.4) is 0 Å². The third-order valence-corrected chi connectivity index (χ3v) is 7.63. The minimum absolute atomic E-state index is 0.348. The summed E-state index contributed by atoms with van der Waals surface area (Å²) in [5.41, 5.74) is 5.95. The van der Waals surface area contributed by atoms with Crippen LogP contribution in [-0.4, -0.2) is 22.8 Å². The molecule has 0 aliphatic heterocycles. The molecule has 3 aromatic rings. The normalized spacial score (nSPS) is 16.7. The first kappa shape index (κ1) is 20.8. The molecule has 1 N–H and O–H groups in total. The van der Waals surface area contributed by atoms with Crippen LogP contribution in [0.1, 0.15) is 56.5 Å². The lowest BCUT2D eigenvalue weighted by atomic mass is 9.69. The third kappa shape index (κ3) is 4.19. The molecule has 30 heavy (non-hydrogen) atoms. The van der Waals surface area contributed by atoms with E-state index in [0.29, 0.717) is 17.9 Å². The largest absolute Gasteiger partial charge is 0.494 e. The summed E-state index contributed by atoms with van der Waals surface area (Å²) in [4.78, 5) is 11.6.